The first-order chi connectivity index (χ1) is 11.5. The molecule has 1 atom stereocenters. The molecule has 0 amide bonds. The molecule has 0 radical (unpaired) electrons. The molecule has 0 spiro atoms. The molecule has 0 saturated carbocycles. The highest BCUT2D eigenvalue weighted by atomic mass is 16.3. The molecule has 4 nitrogen and oxygen atoms in total. The Morgan fingerprint density at radius 2 is 1.67 bits per heavy atom. The van der Waals surface area contributed by atoms with E-state index >= 15 is 0 Å². The van der Waals surface area contributed by atoms with Gasteiger partial charge in [-0.05, 0) is 23.3 Å². The molecular formula is C20H23N2O2+. The number of hydrogen-bond donors (Lipinski definition) is 1. The van der Waals surface area contributed by atoms with E-state index in [2.05, 4.69) is 35.7 Å². The number of pyridine rings is 1. The third-order valence-electron chi connectivity index (χ3n) is 3.82. The molecule has 1 unspecified atom stereocenters. The lowest BCUT2D eigenvalue weighted by molar-refractivity contribution is -0.716. The van der Waals surface area contributed by atoms with E-state index in [9.17, 15) is 9.90 Å². The fourth-order valence-corrected chi connectivity index (χ4v) is 2.37. The van der Waals surface area contributed by atoms with Crippen LogP contribution in [0.25, 0.3) is 12.2 Å². The molecule has 24 heavy (non-hydrogen) atoms. The second-order valence-electron chi connectivity index (χ2n) is 5.81. The van der Waals surface area contributed by atoms with E-state index in [0.29, 0.717) is 0 Å². The number of benzene rings is 1. The Hall–Kier alpha value is -2.88. The molecule has 2 rings (SSSR count). The van der Waals surface area contributed by atoms with Crippen LogP contribution in [0.5, 0.6) is 0 Å². The zero-order chi connectivity index (χ0) is 17.5. The van der Waals surface area contributed by atoms with Crippen LogP contribution < -0.4 is 9.47 Å². The highest BCUT2D eigenvalue weighted by molar-refractivity contribution is 5.70. The highest BCUT2D eigenvalue weighted by Gasteiger charge is 2.20. The summed E-state index contributed by atoms with van der Waals surface area (Å²) in [5, 5.41) is 9.59. The van der Waals surface area contributed by atoms with Crippen LogP contribution in [0.3, 0.4) is 0 Å². The molecule has 4 heteroatoms. The quantitative estimate of drug-likeness (QED) is 0.482. The maximum atomic E-state index is 10.7. The fourth-order valence-electron chi connectivity index (χ4n) is 2.37. The Balaban J connectivity index is 2.10. The second-order valence-corrected chi connectivity index (χ2v) is 5.81. The first-order valence-corrected chi connectivity index (χ1v) is 7.79. The smallest absolute Gasteiger partial charge is 0.220 e. The number of allylic oxidation sites excluding steroid dienone is 1. The van der Waals surface area contributed by atoms with Crippen molar-refractivity contribution in [2.75, 3.05) is 19.0 Å². The highest BCUT2D eigenvalue weighted by Crippen LogP contribution is 2.15. The minimum Gasteiger partial charge on any atom is -0.506 e. The predicted octanol–water partition coefficient (Wildman–Crippen LogP) is 3.41. The molecule has 1 aromatic heterocycles. The molecule has 0 aliphatic rings. The van der Waals surface area contributed by atoms with Crippen LogP contribution in [0.1, 0.15) is 23.6 Å². The van der Waals surface area contributed by atoms with Gasteiger partial charge in [-0.15, -0.1) is 0 Å². The normalized spacial score (nSPS) is 12.1. The molecule has 0 fully saturated rings. The number of aliphatic hydroxyl groups excluding tert-OH is 1. The van der Waals surface area contributed by atoms with E-state index < -0.39 is 6.04 Å². The number of rotatable bonds is 7. The molecule has 1 aromatic carbocycles. The number of aldehydes is 1. The van der Waals surface area contributed by atoms with Crippen LogP contribution in [-0.4, -0.2) is 25.5 Å². The van der Waals surface area contributed by atoms with E-state index in [1.807, 2.05) is 50.8 Å². The number of aliphatic hydroxyl groups is 1. The van der Waals surface area contributed by atoms with Crippen LogP contribution in [0.15, 0.2) is 61.1 Å². The molecule has 124 valence electrons. The van der Waals surface area contributed by atoms with Crippen LogP contribution in [0.4, 0.5) is 5.69 Å². The maximum absolute atomic E-state index is 10.7. The van der Waals surface area contributed by atoms with Gasteiger partial charge in [-0.2, -0.15) is 4.57 Å². The van der Waals surface area contributed by atoms with Gasteiger partial charge in [0.2, 0.25) is 6.04 Å². The van der Waals surface area contributed by atoms with E-state index in [0.717, 1.165) is 17.4 Å². The molecule has 1 heterocycles. The standard InChI is InChI=1S/C20H22N2O2/c1-16(24)20(12-15-23)22-13-10-18(11-14-22)5-4-17-6-8-19(9-7-17)21(2)3/h4-11,13-15,20H,1,12H2,2-3H3/p+1. The monoisotopic (exact) mass is 323 g/mol. The number of carbonyl (C=O) groups is 1. The third kappa shape index (κ3) is 4.56. The Morgan fingerprint density at radius 3 is 2.12 bits per heavy atom. The van der Waals surface area contributed by atoms with Gasteiger partial charge in [-0.3, -0.25) is 0 Å². The SMILES string of the molecule is C=C(O)C(CC=O)[n+]1ccc(/C=C/c2ccc(N(C)C)cc2)cc1. The molecular weight excluding hydrogens is 300 g/mol. The van der Waals surface area contributed by atoms with E-state index in [1.54, 1.807) is 4.57 Å². The Kier molecular flexibility index (Phi) is 5.90. The Morgan fingerprint density at radius 1 is 1.12 bits per heavy atom. The zero-order valence-electron chi connectivity index (χ0n) is 14.1. The van der Waals surface area contributed by atoms with Crippen LogP contribution in [0, 0.1) is 0 Å². The number of carbonyl (C=O) groups excluding carboxylic acids is 1. The van der Waals surface area contributed by atoms with E-state index in [1.165, 1.54) is 5.69 Å². The van der Waals surface area contributed by atoms with Gasteiger partial charge in [0.1, 0.15) is 6.29 Å². The second kappa shape index (κ2) is 8.11. The number of anilines is 1. The van der Waals surface area contributed by atoms with Crippen molar-refractivity contribution >= 4 is 24.1 Å². The summed E-state index contributed by atoms with van der Waals surface area (Å²) >= 11 is 0. The third-order valence-corrected chi connectivity index (χ3v) is 3.82. The predicted molar refractivity (Wildman–Crippen MR) is 97.8 cm³/mol. The summed E-state index contributed by atoms with van der Waals surface area (Å²) in [6, 6.07) is 11.8. The van der Waals surface area contributed by atoms with Crippen molar-refractivity contribution in [3.8, 4) is 0 Å². The molecule has 0 aliphatic carbocycles. The van der Waals surface area contributed by atoms with Gasteiger partial charge in [0.15, 0.2) is 18.2 Å². The largest absolute Gasteiger partial charge is 0.506 e. The average molecular weight is 323 g/mol. The average Bonchev–Trinajstić information content (AvgIpc) is 2.58. The summed E-state index contributed by atoms with van der Waals surface area (Å²) in [5.41, 5.74) is 3.33. The van der Waals surface area contributed by atoms with Crippen LogP contribution in [-0.2, 0) is 4.79 Å². The van der Waals surface area contributed by atoms with Crippen LogP contribution >= 0.6 is 0 Å². The Bertz CT molecular complexity index is 716. The van der Waals surface area contributed by atoms with Gasteiger partial charge in [0.25, 0.3) is 0 Å². The van der Waals surface area contributed by atoms with Gasteiger partial charge in [0.05, 0.1) is 6.42 Å². The van der Waals surface area contributed by atoms with E-state index in [4.69, 9.17) is 0 Å². The molecule has 2 aromatic rings. The summed E-state index contributed by atoms with van der Waals surface area (Å²) in [5.74, 6) is -0.0172. The van der Waals surface area contributed by atoms with E-state index in [-0.39, 0.29) is 12.2 Å². The Labute approximate surface area is 143 Å². The summed E-state index contributed by atoms with van der Waals surface area (Å²) in [6.07, 6.45) is 8.73. The van der Waals surface area contributed by atoms with Gasteiger partial charge >= 0.3 is 0 Å². The van der Waals surface area contributed by atoms with Crippen molar-refractivity contribution in [3.63, 3.8) is 0 Å². The number of aromatic nitrogens is 1. The summed E-state index contributed by atoms with van der Waals surface area (Å²) < 4.78 is 1.78. The lowest BCUT2D eigenvalue weighted by Gasteiger charge is -2.11. The zero-order valence-corrected chi connectivity index (χ0v) is 14.1. The lowest BCUT2D eigenvalue weighted by Crippen LogP contribution is -2.39. The fraction of sp³-hybridized carbons (Fsp3) is 0.200. The minimum atomic E-state index is -0.417. The topological polar surface area (TPSA) is 44.4 Å². The van der Waals surface area contributed by atoms with Crippen molar-refractivity contribution in [1.82, 2.24) is 0 Å². The molecule has 0 saturated heterocycles. The lowest BCUT2D eigenvalue weighted by atomic mass is 10.1. The van der Waals surface area contributed by atoms with Gasteiger partial charge in [-0.1, -0.05) is 30.9 Å². The van der Waals surface area contributed by atoms with Crippen molar-refractivity contribution in [2.24, 2.45) is 0 Å². The van der Waals surface area contributed by atoms with Crippen molar-refractivity contribution in [1.29, 1.82) is 0 Å². The first-order valence-electron chi connectivity index (χ1n) is 7.79. The van der Waals surface area contributed by atoms with Gasteiger partial charge in [0, 0.05) is 31.9 Å². The molecule has 0 bridgehead atoms. The summed E-state index contributed by atoms with van der Waals surface area (Å²) in [4.78, 5) is 12.8. The minimum absolute atomic E-state index is 0.0172. The van der Waals surface area contributed by atoms with Crippen molar-refractivity contribution in [3.05, 3.63) is 72.3 Å². The molecule has 0 aliphatic heterocycles. The van der Waals surface area contributed by atoms with Crippen molar-refractivity contribution in [2.45, 2.75) is 12.5 Å². The van der Waals surface area contributed by atoms with Crippen molar-refractivity contribution < 1.29 is 14.5 Å². The first kappa shape index (κ1) is 17.5. The van der Waals surface area contributed by atoms with Gasteiger partial charge in [-0.25, -0.2) is 0 Å². The van der Waals surface area contributed by atoms with Gasteiger partial charge < -0.3 is 14.8 Å². The molecule has 1 N–H and O–H groups in total. The summed E-state index contributed by atoms with van der Waals surface area (Å²) in [6.45, 7) is 3.53. The van der Waals surface area contributed by atoms with Crippen LogP contribution in [0.2, 0.25) is 0 Å². The number of hydrogen-bond acceptors (Lipinski definition) is 3. The number of nitrogens with zero attached hydrogens (tertiary/aromatic N) is 2. The maximum Gasteiger partial charge on any atom is 0.220 e. The summed E-state index contributed by atoms with van der Waals surface area (Å²) in [7, 11) is 4.03.